The Hall–Kier alpha value is -0.0800. The number of fused-ring (bicyclic) bond motifs is 1. The molecule has 3 rings (SSSR count). The molecule has 2 saturated heterocycles. The average Bonchev–Trinajstić information content (AvgIpc) is 2.86. The highest BCUT2D eigenvalue weighted by atomic mass is 15.2. The summed E-state index contributed by atoms with van der Waals surface area (Å²) in [5, 5.41) is 3.56. The second-order valence-electron chi connectivity index (χ2n) is 6.95. The molecular formula is C16H30N2. The molecule has 1 N–H and O–H groups in total. The van der Waals surface area contributed by atoms with Crippen LogP contribution < -0.4 is 5.32 Å². The van der Waals surface area contributed by atoms with Crippen LogP contribution >= 0.6 is 0 Å². The fourth-order valence-electron chi connectivity index (χ4n) is 4.61. The third-order valence-corrected chi connectivity index (χ3v) is 5.69. The van der Waals surface area contributed by atoms with Crippen LogP contribution in [-0.4, -0.2) is 37.1 Å². The summed E-state index contributed by atoms with van der Waals surface area (Å²) in [4.78, 5) is 2.85. The zero-order valence-corrected chi connectivity index (χ0v) is 12.0. The molecule has 2 heterocycles. The van der Waals surface area contributed by atoms with Gasteiger partial charge in [0.1, 0.15) is 0 Å². The van der Waals surface area contributed by atoms with Crippen molar-refractivity contribution in [3.8, 4) is 0 Å². The van der Waals surface area contributed by atoms with Gasteiger partial charge in [0.25, 0.3) is 0 Å². The Kier molecular flexibility index (Phi) is 4.25. The van der Waals surface area contributed by atoms with Gasteiger partial charge in [-0.1, -0.05) is 32.6 Å². The van der Waals surface area contributed by atoms with Crippen LogP contribution in [0.1, 0.15) is 51.9 Å². The van der Waals surface area contributed by atoms with Gasteiger partial charge in [-0.05, 0) is 50.1 Å². The van der Waals surface area contributed by atoms with Crippen LogP contribution in [0.3, 0.4) is 0 Å². The quantitative estimate of drug-likeness (QED) is 0.775. The van der Waals surface area contributed by atoms with E-state index in [1.54, 1.807) is 0 Å². The molecule has 3 fully saturated rings. The molecule has 0 aromatic heterocycles. The standard InChI is InChI=1S/C16H30N2/c1-2-4-13-5-3-6-16(8-7-13)18-11-14-9-17-10-15(14)12-18/h13-17H,2-12H2,1H3/t13?,14-,15+,16?. The van der Waals surface area contributed by atoms with E-state index in [1.165, 1.54) is 71.1 Å². The summed E-state index contributed by atoms with van der Waals surface area (Å²) >= 11 is 0. The smallest absolute Gasteiger partial charge is 0.00956 e. The van der Waals surface area contributed by atoms with Crippen molar-refractivity contribution in [2.45, 2.75) is 57.9 Å². The maximum absolute atomic E-state index is 3.56. The average molecular weight is 250 g/mol. The van der Waals surface area contributed by atoms with Crippen molar-refractivity contribution in [3.05, 3.63) is 0 Å². The summed E-state index contributed by atoms with van der Waals surface area (Å²) in [6.45, 7) is 7.69. The molecule has 1 aliphatic carbocycles. The molecule has 1 saturated carbocycles. The molecule has 0 bridgehead atoms. The van der Waals surface area contributed by atoms with Gasteiger partial charge in [-0.15, -0.1) is 0 Å². The minimum Gasteiger partial charge on any atom is -0.316 e. The van der Waals surface area contributed by atoms with Crippen LogP contribution in [0, 0.1) is 17.8 Å². The van der Waals surface area contributed by atoms with Gasteiger partial charge in [0.2, 0.25) is 0 Å². The fraction of sp³-hybridized carbons (Fsp3) is 1.00. The lowest BCUT2D eigenvalue weighted by Gasteiger charge is -2.27. The summed E-state index contributed by atoms with van der Waals surface area (Å²) in [6, 6.07) is 0.928. The molecule has 2 unspecified atom stereocenters. The van der Waals surface area contributed by atoms with E-state index in [-0.39, 0.29) is 0 Å². The SMILES string of the molecule is CCCC1CCCC(N2C[C@H]3CNC[C@H]3C2)CC1. The van der Waals surface area contributed by atoms with Gasteiger partial charge in [-0.3, -0.25) is 4.90 Å². The highest BCUT2D eigenvalue weighted by molar-refractivity contribution is 4.94. The molecular weight excluding hydrogens is 220 g/mol. The molecule has 4 atom stereocenters. The Morgan fingerprint density at radius 3 is 2.50 bits per heavy atom. The van der Waals surface area contributed by atoms with E-state index >= 15 is 0 Å². The molecule has 0 aromatic rings. The first-order valence-electron chi connectivity index (χ1n) is 8.31. The molecule has 0 radical (unpaired) electrons. The minimum atomic E-state index is 0.928. The zero-order chi connectivity index (χ0) is 12.4. The lowest BCUT2D eigenvalue weighted by atomic mass is 9.95. The maximum atomic E-state index is 3.56. The van der Waals surface area contributed by atoms with Crippen molar-refractivity contribution in [2.24, 2.45) is 17.8 Å². The van der Waals surface area contributed by atoms with Crippen molar-refractivity contribution < 1.29 is 0 Å². The van der Waals surface area contributed by atoms with Crippen LogP contribution in [0.2, 0.25) is 0 Å². The van der Waals surface area contributed by atoms with Gasteiger partial charge >= 0.3 is 0 Å². The van der Waals surface area contributed by atoms with Gasteiger partial charge < -0.3 is 5.32 Å². The topological polar surface area (TPSA) is 15.3 Å². The maximum Gasteiger partial charge on any atom is 0.00956 e. The van der Waals surface area contributed by atoms with E-state index in [1.807, 2.05) is 0 Å². The van der Waals surface area contributed by atoms with E-state index in [2.05, 4.69) is 17.1 Å². The Bertz CT molecular complexity index is 254. The molecule has 2 aliphatic heterocycles. The van der Waals surface area contributed by atoms with Crippen molar-refractivity contribution in [1.29, 1.82) is 0 Å². The number of hydrogen-bond donors (Lipinski definition) is 1. The fourth-order valence-corrected chi connectivity index (χ4v) is 4.61. The Labute approximate surface area is 113 Å². The first-order chi connectivity index (χ1) is 8.86. The van der Waals surface area contributed by atoms with E-state index in [0.29, 0.717) is 0 Å². The molecule has 2 nitrogen and oxygen atoms in total. The van der Waals surface area contributed by atoms with Gasteiger partial charge in [0, 0.05) is 19.1 Å². The summed E-state index contributed by atoms with van der Waals surface area (Å²) in [6.07, 6.45) is 10.3. The second-order valence-corrected chi connectivity index (χ2v) is 6.95. The lowest BCUT2D eigenvalue weighted by Crippen LogP contribution is -2.35. The van der Waals surface area contributed by atoms with Gasteiger partial charge in [0.05, 0.1) is 0 Å². The number of hydrogen-bond acceptors (Lipinski definition) is 2. The highest BCUT2D eigenvalue weighted by Gasteiger charge is 2.38. The van der Waals surface area contributed by atoms with Crippen LogP contribution in [0.5, 0.6) is 0 Å². The summed E-state index contributed by atoms with van der Waals surface area (Å²) in [5.41, 5.74) is 0. The molecule has 2 heteroatoms. The highest BCUT2D eigenvalue weighted by Crippen LogP contribution is 2.34. The Morgan fingerprint density at radius 2 is 1.78 bits per heavy atom. The Morgan fingerprint density at radius 1 is 1.00 bits per heavy atom. The van der Waals surface area contributed by atoms with Crippen LogP contribution in [0.25, 0.3) is 0 Å². The van der Waals surface area contributed by atoms with E-state index in [9.17, 15) is 0 Å². The number of nitrogens with one attached hydrogen (secondary N) is 1. The Balaban J connectivity index is 1.51. The number of likely N-dealkylation sites (tertiary alicyclic amines) is 1. The van der Waals surface area contributed by atoms with E-state index in [4.69, 9.17) is 0 Å². The van der Waals surface area contributed by atoms with Crippen molar-refractivity contribution in [2.75, 3.05) is 26.2 Å². The predicted octanol–water partition coefficient (Wildman–Crippen LogP) is 2.89. The minimum absolute atomic E-state index is 0.928. The van der Waals surface area contributed by atoms with Crippen LogP contribution in [0.15, 0.2) is 0 Å². The molecule has 104 valence electrons. The molecule has 18 heavy (non-hydrogen) atoms. The zero-order valence-electron chi connectivity index (χ0n) is 12.0. The van der Waals surface area contributed by atoms with Crippen LogP contribution in [-0.2, 0) is 0 Å². The summed E-state index contributed by atoms with van der Waals surface area (Å²) in [7, 11) is 0. The predicted molar refractivity (Wildman–Crippen MR) is 76.7 cm³/mol. The molecule has 0 aromatic carbocycles. The van der Waals surface area contributed by atoms with Gasteiger partial charge in [0.15, 0.2) is 0 Å². The van der Waals surface area contributed by atoms with E-state index in [0.717, 1.165) is 23.8 Å². The van der Waals surface area contributed by atoms with E-state index < -0.39 is 0 Å². The van der Waals surface area contributed by atoms with Gasteiger partial charge in [-0.25, -0.2) is 0 Å². The number of nitrogens with zero attached hydrogens (tertiary/aromatic N) is 1. The van der Waals surface area contributed by atoms with Gasteiger partial charge in [-0.2, -0.15) is 0 Å². The number of rotatable bonds is 3. The summed E-state index contributed by atoms with van der Waals surface area (Å²) < 4.78 is 0. The second kappa shape index (κ2) is 5.92. The molecule has 3 aliphatic rings. The largest absolute Gasteiger partial charge is 0.316 e. The first kappa shape index (κ1) is 12.9. The lowest BCUT2D eigenvalue weighted by molar-refractivity contribution is 0.204. The summed E-state index contributed by atoms with van der Waals surface area (Å²) in [5.74, 6) is 2.99. The van der Waals surface area contributed by atoms with Crippen molar-refractivity contribution in [1.82, 2.24) is 10.2 Å². The van der Waals surface area contributed by atoms with Crippen molar-refractivity contribution >= 4 is 0 Å². The third-order valence-electron chi connectivity index (χ3n) is 5.69. The molecule has 0 spiro atoms. The monoisotopic (exact) mass is 250 g/mol. The first-order valence-corrected chi connectivity index (χ1v) is 8.31. The van der Waals surface area contributed by atoms with Crippen LogP contribution in [0.4, 0.5) is 0 Å². The van der Waals surface area contributed by atoms with Crippen molar-refractivity contribution in [3.63, 3.8) is 0 Å². The molecule has 0 amide bonds. The normalized spacial score (nSPS) is 41.8. The third kappa shape index (κ3) is 2.75.